The predicted molar refractivity (Wildman–Crippen MR) is 103 cm³/mol. The summed E-state index contributed by atoms with van der Waals surface area (Å²) < 4.78 is 56.9. The summed E-state index contributed by atoms with van der Waals surface area (Å²) in [5, 5.41) is 8.51. The molecule has 162 valence electrons. The molecule has 0 radical (unpaired) electrons. The minimum Gasteiger partial charge on any atom is -0.462 e. The van der Waals surface area contributed by atoms with Crippen LogP contribution >= 0.6 is 0 Å². The summed E-state index contributed by atoms with van der Waals surface area (Å²) in [5.41, 5.74) is 0.248. The summed E-state index contributed by atoms with van der Waals surface area (Å²) in [6.07, 6.45) is 2.36. The second-order valence-electron chi connectivity index (χ2n) is 8.27. The van der Waals surface area contributed by atoms with Gasteiger partial charge in [-0.1, -0.05) is 12.1 Å². The molecule has 7 heteroatoms. The van der Waals surface area contributed by atoms with Crippen LogP contribution in [0.25, 0.3) is 0 Å². The molecule has 0 N–H and O–H groups in total. The van der Waals surface area contributed by atoms with Crippen LogP contribution in [-0.4, -0.2) is 12.1 Å². The lowest BCUT2D eigenvalue weighted by Gasteiger charge is -2.31. The number of halogens is 4. The average molecular weight is 423 g/mol. The molecule has 0 saturated heterocycles. The van der Waals surface area contributed by atoms with Crippen molar-refractivity contribution in [3.05, 3.63) is 47.3 Å². The molecular weight excluding hydrogens is 398 g/mol. The van der Waals surface area contributed by atoms with Gasteiger partial charge in [0.15, 0.2) is 5.83 Å². The maximum atomic E-state index is 13.1. The Morgan fingerprint density at radius 1 is 1.00 bits per heavy atom. The Balaban J connectivity index is 1.44. The average Bonchev–Trinajstić information content (AvgIpc) is 2.74. The van der Waals surface area contributed by atoms with Crippen molar-refractivity contribution in [3.63, 3.8) is 0 Å². The smallest absolute Gasteiger partial charge is 0.416 e. The number of carbonyl (C=O) groups excluding carboxylic acids is 1. The predicted octanol–water partition coefficient (Wildman–Crippen LogP) is 6.46. The number of hydrogen-bond donors (Lipinski definition) is 0. The van der Waals surface area contributed by atoms with E-state index in [4.69, 9.17) is 10.00 Å². The van der Waals surface area contributed by atoms with E-state index in [0.717, 1.165) is 30.5 Å². The van der Waals surface area contributed by atoms with Crippen molar-refractivity contribution >= 4 is 5.97 Å². The summed E-state index contributed by atoms with van der Waals surface area (Å²) in [7, 11) is 0. The van der Waals surface area contributed by atoms with Crippen LogP contribution in [0, 0.1) is 23.2 Å². The highest BCUT2D eigenvalue weighted by molar-refractivity contribution is 5.72. The van der Waals surface area contributed by atoms with E-state index in [1.165, 1.54) is 12.1 Å². The second-order valence-corrected chi connectivity index (χ2v) is 8.27. The Bertz CT molecular complexity index is 794. The molecule has 0 atom stereocenters. The topological polar surface area (TPSA) is 50.1 Å². The maximum absolute atomic E-state index is 13.1. The highest BCUT2D eigenvalue weighted by atomic mass is 19.4. The number of nitriles is 1. The van der Waals surface area contributed by atoms with E-state index in [1.54, 1.807) is 12.1 Å². The van der Waals surface area contributed by atoms with Gasteiger partial charge < -0.3 is 4.74 Å². The van der Waals surface area contributed by atoms with Crippen molar-refractivity contribution in [1.29, 1.82) is 5.26 Å². The monoisotopic (exact) mass is 423 g/mol. The number of rotatable bonds is 4. The van der Waals surface area contributed by atoms with Crippen molar-refractivity contribution < 1.29 is 27.1 Å². The fraction of sp³-hybridized carbons (Fsp3) is 0.565. The highest BCUT2D eigenvalue weighted by Crippen LogP contribution is 2.37. The SMILES string of the molecule is N#CC(F)=CC1CCC(C(=O)OC2CCC(c3ccc(C(F)(F)F)cc3)CC2)CC1. The summed E-state index contributed by atoms with van der Waals surface area (Å²) in [5.74, 6) is -0.998. The zero-order valence-corrected chi connectivity index (χ0v) is 16.6. The molecule has 0 aromatic heterocycles. The third kappa shape index (κ3) is 5.84. The summed E-state index contributed by atoms with van der Waals surface area (Å²) in [4.78, 5) is 12.5. The summed E-state index contributed by atoms with van der Waals surface area (Å²) in [6.45, 7) is 0. The van der Waals surface area contributed by atoms with Crippen LogP contribution < -0.4 is 0 Å². The van der Waals surface area contributed by atoms with E-state index in [1.807, 2.05) is 0 Å². The number of allylic oxidation sites excluding steroid dienone is 2. The zero-order valence-electron chi connectivity index (χ0n) is 16.6. The lowest BCUT2D eigenvalue weighted by Crippen LogP contribution is -2.29. The first-order chi connectivity index (χ1) is 14.3. The van der Waals surface area contributed by atoms with Crippen molar-refractivity contribution in [2.75, 3.05) is 0 Å². The first kappa shape index (κ1) is 22.3. The molecule has 2 saturated carbocycles. The molecule has 0 unspecified atom stereocenters. The van der Waals surface area contributed by atoms with Crippen LogP contribution in [0.15, 0.2) is 36.2 Å². The number of nitrogens with zero attached hydrogens (tertiary/aromatic N) is 1. The van der Waals surface area contributed by atoms with Crippen LogP contribution in [0.2, 0.25) is 0 Å². The Labute approximate surface area is 173 Å². The van der Waals surface area contributed by atoms with Crippen LogP contribution in [0.3, 0.4) is 0 Å². The fourth-order valence-electron chi connectivity index (χ4n) is 4.48. The van der Waals surface area contributed by atoms with Gasteiger partial charge in [0.1, 0.15) is 12.2 Å². The molecule has 30 heavy (non-hydrogen) atoms. The first-order valence-corrected chi connectivity index (χ1v) is 10.4. The third-order valence-electron chi connectivity index (χ3n) is 6.26. The lowest BCUT2D eigenvalue weighted by molar-refractivity contribution is -0.157. The van der Waals surface area contributed by atoms with Gasteiger partial charge in [0.2, 0.25) is 0 Å². The Kier molecular flexibility index (Phi) is 7.17. The molecule has 3 rings (SSSR count). The number of hydrogen-bond acceptors (Lipinski definition) is 3. The fourth-order valence-corrected chi connectivity index (χ4v) is 4.48. The second kappa shape index (κ2) is 9.63. The van der Waals surface area contributed by atoms with Gasteiger partial charge in [-0.3, -0.25) is 4.79 Å². The standard InChI is InChI=1S/C23H25F4NO2/c24-20(14-28)13-15-1-3-18(4-2-15)22(29)30-21-11-7-17(8-12-21)16-5-9-19(10-6-16)23(25,26)27/h5-6,9-10,13,15,17-18,21H,1-4,7-8,11-12H2. The number of alkyl halides is 3. The summed E-state index contributed by atoms with van der Waals surface area (Å²) in [6, 6.07) is 6.81. The summed E-state index contributed by atoms with van der Waals surface area (Å²) >= 11 is 0. The van der Waals surface area contributed by atoms with E-state index >= 15 is 0 Å². The van der Waals surface area contributed by atoms with Gasteiger partial charge in [-0.15, -0.1) is 0 Å². The van der Waals surface area contributed by atoms with Crippen LogP contribution in [0.4, 0.5) is 17.6 Å². The highest BCUT2D eigenvalue weighted by Gasteiger charge is 2.32. The molecule has 0 aliphatic heterocycles. The number of carbonyl (C=O) groups is 1. The molecule has 1 aromatic rings. The van der Waals surface area contributed by atoms with Crippen molar-refractivity contribution in [3.8, 4) is 6.07 Å². The van der Waals surface area contributed by atoms with Crippen molar-refractivity contribution in [2.24, 2.45) is 11.8 Å². The number of esters is 1. The van der Waals surface area contributed by atoms with Gasteiger partial charge in [0, 0.05) is 0 Å². The lowest BCUT2D eigenvalue weighted by atomic mass is 9.81. The van der Waals surface area contributed by atoms with E-state index in [0.29, 0.717) is 38.5 Å². The normalized spacial score (nSPS) is 27.9. The maximum Gasteiger partial charge on any atom is 0.416 e. The van der Waals surface area contributed by atoms with Crippen LogP contribution in [0.5, 0.6) is 0 Å². The molecule has 0 amide bonds. The number of ether oxygens (including phenoxy) is 1. The zero-order chi connectivity index (χ0) is 21.7. The van der Waals surface area contributed by atoms with Gasteiger partial charge in [-0.2, -0.15) is 22.8 Å². The quantitative estimate of drug-likeness (QED) is 0.317. The molecule has 2 fully saturated rings. The first-order valence-electron chi connectivity index (χ1n) is 10.4. The van der Waals surface area contributed by atoms with E-state index in [2.05, 4.69) is 0 Å². The minimum atomic E-state index is -4.33. The van der Waals surface area contributed by atoms with E-state index in [-0.39, 0.29) is 29.8 Å². The molecule has 2 aliphatic rings. The molecule has 2 aliphatic carbocycles. The van der Waals surface area contributed by atoms with Crippen molar-refractivity contribution in [1.82, 2.24) is 0 Å². The Morgan fingerprint density at radius 2 is 1.60 bits per heavy atom. The van der Waals surface area contributed by atoms with Gasteiger partial charge >= 0.3 is 12.1 Å². The Morgan fingerprint density at radius 3 is 2.13 bits per heavy atom. The van der Waals surface area contributed by atoms with Gasteiger partial charge in [-0.25, -0.2) is 0 Å². The van der Waals surface area contributed by atoms with Gasteiger partial charge in [-0.05, 0) is 87.0 Å². The Hall–Kier alpha value is -2.36. The molecule has 0 spiro atoms. The third-order valence-corrected chi connectivity index (χ3v) is 6.26. The van der Waals surface area contributed by atoms with Gasteiger partial charge in [0.05, 0.1) is 11.5 Å². The van der Waals surface area contributed by atoms with Crippen LogP contribution in [0.1, 0.15) is 68.4 Å². The van der Waals surface area contributed by atoms with Gasteiger partial charge in [0.25, 0.3) is 0 Å². The molecule has 0 bridgehead atoms. The molecule has 1 aromatic carbocycles. The van der Waals surface area contributed by atoms with Crippen molar-refractivity contribution in [2.45, 2.75) is 69.6 Å². The minimum absolute atomic E-state index is 0.00660. The molecule has 0 heterocycles. The van der Waals surface area contributed by atoms with Crippen LogP contribution in [-0.2, 0) is 15.7 Å². The van der Waals surface area contributed by atoms with E-state index < -0.39 is 17.6 Å². The number of benzene rings is 1. The largest absolute Gasteiger partial charge is 0.462 e. The molecular formula is C23H25F4NO2. The van der Waals surface area contributed by atoms with E-state index in [9.17, 15) is 22.4 Å². The molecule has 3 nitrogen and oxygen atoms in total.